The van der Waals surface area contributed by atoms with Crippen molar-refractivity contribution in [3.8, 4) is 0 Å². The van der Waals surface area contributed by atoms with Crippen molar-refractivity contribution < 1.29 is 4.79 Å². The smallest absolute Gasteiger partial charge is 0.222 e. The lowest BCUT2D eigenvalue weighted by Gasteiger charge is -2.31. The Balaban J connectivity index is 2.05. The Morgan fingerprint density at radius 1 is 1.42 bits per heavy atom. The number of nitrogen functional groups attached to an aromatic ring is 1. The maximum Gasteiger partial charge on any atom is 0.222 e. The second-order valence-corrected chi connectivity index (χ2v) is 5.30. The summed E-state index contributed by atoms with van der Waals surface area (Å²) in [5.74, 6) is 0.739. The molecule has 1 atom stereocenters. The van der Waals surface area contributed by atoms with Crippen LogP contribution in [0.4, 0.5) is 5.95 Å². The van der Waals surface area contributed by atoms with E-state index in [2.05, 4.69) is 21.7 Å². The number of hydrogen-bond acceptors (Lipinski definition) is 3. The maximum atomic E-state index is 11.6. The van der Waals surface area contributed by atoms with Crippen LogP contribution in [0.3, 0.4) is 0 Å². The molecule has 2 heterocycles. The largest absolute Gasteiger partial charge is 0.369 e. The van der Waals surface area contributed by atoms with Gasteiger partial charge in [-0.25, -0.2) is 4.98 Å². The second kappa shape index (κ2) is 4.26. The first kappa shape index (κ1) is 12.0. The zero-order valence-corrected chi connectivity index (χ0v) is 11.3. The molecule has 100 valence electrons. The van der Waals surface area contributed by atoms with Gasteiger partial charge in [-0.15, -0.1) is 0 Å². The highest BCUT2D eigenvalue weighted by molar-refractivity contribution is 5.80. The number of aromatic nitrogens is 2. The highest BCUT2D eigenvalue weighted by Crippen LogP contribution is 2.29. The van der Waals surface area contributed by atoms with Crippen molar-refractivity contribution >= 4 is 22.9 Å². The molecule has 1 fully saturated rings. The maximum absolute atomic E-state index is 11.6. The third-order valence-electron chi connectivity index (χ3n) is 3.84. The predicted molar refractivity (Wildman–Crippen MR) is 74.8 cm³/mol. The Kier molecular flexibility index (Phi) is 2.69. The van der Waals surface area contributed by atoms with Crippen LogP contribution >= 0.6 is 0 Å². The number of hydrogen-bond donors (Lipinski definition) is 1. The van der Waals surface area contributed by atoms with Crippen molar-refractivity contribution in [2.75, 3.05) is 19.3 Å². The Hall–Kier alpha value is -2.04. The van der Waals surface area contributed by atoms with Crippen LogP contribution in [0.15, 0.2) is 18.2 Å². The Labute approximate surface area is 112 Å². The van der Waals surface area contributed by atoms with Crippen LogP contribution in [0.5, 0.6) is 0 Å². The topological polar surface area (TPSA) is 64.1 Å². The number of aryl methyl sites for hydroxylation is 1. The molecule has 2 aromatic rings. The fourth-order valence-electron chi connectivity index (χ4n) is 2.81. The van der Waals surface area contributed by atoms with E-state index in [1.165, 1.54) is 5.56 Å². The number of piperidine rings is 1. The number of imidazole rings is 1. The first-order valence-electron chi connectivity index (χ1n) is 6.54. The number of likely N-dealkylation sites (N-methyl/N-ethyl adjacent to an activating group) is 1. The molecule has 2 N–H and O–H groups in total. The van der Waals surface area contributed by atoms with Gasteiger partial charge >= 0.3 is 0 Å². The molecule has 1 unspecified atom stereocenters. The lowest BCUT2D eigenvalue weighted by molar-refractivity contribution is -0.132. The van der Waals surface area contributed by atoms with E-state index in [9.17, 15) is 4.79 Å². The van der Waals surface area contributed by atoms with Gasteiger partial charge in [0.1, 0.15) is 0 Å². The summed E-state index contributed by atoms with van der Waals surface area (Å²) in [5.41, 5.74) is 9.22. The van der Waals surface area contributed by atoms with E-state index >= 15 is 0 Å². The zero-order chi connectivity index (χ0) is 13.6. The summed E-state index contributed by atoms with van der Waals surface area (Å²) in [6.45, 7) is 2.74. The molecule has 19 heavy (non-hydrogen) atoms. The van der Waals surface area contributed by atoms with Crippen LogP contribution in [0, 0.1) is 6.92 Å². The molecule has 1 aliphatic rings. The minimum atomic E-state index is 0.204. The number of benzene rings is 1. The van der Waals surface area contributed by atoms with E-state index in [-0.39, 0.29) is 11.9 Å². The van der Waals surface area contributed by atoms with E-state index in [0.717, 1.165) is 17.5 Å². The second-order valence-electron chi connectivity index (χ2n) is 5.30. The van der Waals surface area contributed by atoms with E-state index in [4.69, 9.17) is 5.73 Å². The Morgan fingerprint density at radius 3 is 2.95 bits per heavy atom. The molecule has 1 aromatic carbocycles. The monoisotopic (exact) mass is 258 g/mol. The molecule has 1 saturated heterocycles. The SMILES string of the molecule is Cc1ccc2c(c1)nc(N)n2C1CCC(=O)N(C)C1. The van der Waals surface area contributed by atoms with Crippen molar-refractivity contribution in [3.63, 3.8) is 0 Å². The molecule has 5 nitrogen and oxygen atoms in total. The molecule has 0 radical (unpaired) electrons. The van der Waals surface area contributed by atoms with Gasteiger partial charge in [-0.1, -0.05) is 6.07 Å². The van der Waals surface area contributed by atoms with Crippen molar-refractivity contribution in [3.05, 3.63) is 23.8 Å². The highest BCUT2D eigenvalue weighted by atomic mass is 16.2. The summed E-state index contributed by atoms with van der Waals surface area (Å²) >= 11 is 0. The van der Waals surface area contributed by atoms with Crippen LogP contribution in [0.1, 0.15) is 24.4 Å². The molecule has 1 amide bonds. The minimum absolute atomic E-state index is 0.204. The molecule has 5 heteroatoms. The Bertz CT molecular complexity index is 646. The number of fused-ring (bicyclic) bond motifs is 1. The van der Waals surface area contributed by atoms with Gasteiger partial charge in [-0.2, -0.15) is 0 Å². The van der Waals surface area contributed by atoms with Gasteiger partial charge in [0.25, 0.3) is 0 Å². The van der Waals surface area contributed by atoms with Crippen molar-refractivity contribution in [1.82, 2.24) is 14.5 Å². The Morgan fingerprint density at radius 2 is 2.21 bits per heavy atom. The fourth-order valence-corrected chi connectivity index (χ4v) is 2.81. The number of amides is 1. The average molecular weight is 258 g/mol. The van der Waals surface area contributed by atoms with E-state index < -0.39 is 0 Å². The molecule has 0 spiro atoms. The van der Waals surface area contributed by atoms with Crippen LogP contribution in [0.2, 0.25) is 0 Å². The third-order valence-corrected chi connectivity index (χ3v) is 3.84. The number of nitrogens with zero attached hydrogens (tertiary/aromatic N) is 3. The number of likely N-dealkylation sites (tertiary alicyclic amines) is 1. The zero-order valence-electron chi connectivity index (χ0n) is 11.3. The fraction of sp³-hybridized carbons (Fsp3) is 0.429. The van der Waals surface area contributed by atoms with Gasteiger partial charge in [0, 0.05) is 20.0 Å². The molecule has 3 rings (SSSR count). The van der Waals surface area contributed by atoms with Gasteiger partial charge in [0.05, 0.1) is 17.1 Å². The summed E-state index contributed by atoms with van der Waals surface area (Å²) in [4.78, 5) is 17.8. The van der Waals surface area contributed by atoms with Crippen LogP contribution < -0.4 is 5.73 Å². The lowest BCUT2D eigenvalue weighted by Crippen LogP contribution is -2.38. The van der Waals surface area contributed by atoms with Gasteiger partial charge in [-0.05, 0) is 31.0 Å². The van der Waals surface area contributed by atoms with Gasteiger partial charge < -0.3 is 15.2 Å². The molecule has 0 saturated carbocycles. The van der Waals surface area contributed by atoms with Crippen LogP contribution in [-0.4, -0.2) is 34.0 Å². The van der Waals surface area contributed by atoms with E-state index in [0.29, 0.717) is 18.9 Å². The van der Waals surface area contributed by atoms with Crippen molar-refractivity contribution in [2.24, 2.45) is 0 Å². The van der Waals surface area contributed by atoms with Gasteiger partial charge in [0.15, 0.2) is 0 Å². The summed E-state index contributed by atoms with van der Waals surface area (Å²) in [5, 5.41) is 0. The van der Waals surface area contributed by atoms with Gasteiger partial charge in [0.2, 0.25) is 11.9 Å². The van der Waals surface area contributed by atoms with E-state index in [1.54, 1.807) is 4.90 Å². The molecule has 1 aromatic heterocycles. The minimum Gasteiger partial charge on any atom is -0.369 e. The first-order chi connectivity index (χ1) is 9.06. The standard InChI is InChI=1S/C14H18N4O/c1-9-3-5-12-11(7-9)16-14(15)18(12)10-4-6-13(19)17(2)8-10/h3,5,7,10H,4,6,8H2,1-2H3,(H2,15,16). The molecule has 0 aliphatic carbocycles. The van der Waals surface area contributed by atoms with E-state index in [1.807, 2.05) is 20.0 Å². The number of anilines is 1. The molecular formula is C14H18N4O. The van der Waals surface area contributed by atoms with Crippen molar-refractivity contribution in [1.29, 1.82) is 0 Å². The van der Waals surface area contributed by atoms with Crippen molar-refractivity contribution in [2.45, 2.75) is 25.8 Å². The molecular weight excluding hydrogens is 240 g/mol. The summed E-state index contributed by atoms with van der Waals surface area (Å²) < 4.78 is 2.07. The first-order valence-corrected chi connectivity index (χ1v) is 6.54. The number of carbonyl (C=O) groups excluding carboxylic acids is 1. The van der Waals surface area contributed by atoms with Crippen LogP contribution in [0.25, 0.3) is 11.0 Å². The highest BCUT2D eigenvalue weighted by Gasteiger charge is 2.26. The van der Waals surface area contributed by atoms with Crippen LogP contribution in [-0.2, 0) is 4.79 Å². The summed E-state index contributed by atoms with van der Waals surface area (Å²) in [6.07, 6.45) is 1.40. The summed E-state index contributed by atoms with van der Waals surface area (Å²) in [7, 11) is 1.84. The summed E-state index contributed by atoms with van der Waals surface area (Å²) in [6, 6.07) is 6.39. The number of rotatable bonds is 1. The number of carbonyl (C=O) groups is 1. The average Bonchev–Trinajstić information content (AvgIpc) is 2.68. The number of nitrogens with two attached hydrogens (primary N) is 1. The molecule has 0 bridgehead atoms. The lowest BCUT2D eigenvalue weighted by atomic mass is 10.1. The van der Waals surface area contributed by atoms with Gasteiger partial charge in [-0.3, -0.25) is 4.79 Å². The normalized spacial score (nSPS) is 20.2. The molecule has 1 aliphatic heterocycles. The quantitative estimate of drug-likeness (QED) is 0.847. The third kappa shape index (κ3) is 1.95. The predicted octanol–water partition coefficient (Wildman–Crippen LogP) is 1.72.